The highest BCUT2D eigenvalue weighted by Gasteiger charge is 2.49. The second-order valence-corrected chi connectivity index (χ2v) is 30.5. The van der Waals surface area contributed by atoms with Gasteiger partial charge in [-0.1, -0.05) is 206 Å². The van der Waals surface area contributed by atoms with Crippen LogP contribution >= 0.6 is 11.3 Å². The molecule has 7 aromatic carbocycles. The topological polar surface area (TPSA) is 6.48 Å². The smallest absolute Gasteiger partial charge is 0.257 e. The minimum atomic E-state index is -1.70. The average Bonchev–Trinajstić information content (AvgIpc) is 3.91. The van der Waals surface area contributed by atoms with Crippen molar-refractivity contribution in [2.75, 3.05) is 9.80 Å². The molecule has 0 saturated carbocycles. The summed E-state index contributed by atoms with van der Waals surface area (Å²) in [4.78, 5) is 5.55. The van der Waals surface area contributed by atoms with Gasteiger partial charge in [-0.2, -0.15) is 0 Å². The van der Waals surface area contributed by atoms with E-state index in [2.05, 4.69) is 261 Å². The third kappa shape index (κ3) is 8.16. The van der Waals surface area contributed by atoms with Crippen molar-refractivity contribution in [3.8, 4) is 11.1 Å². The molecule has 382 valence electrons. The van der Waals surface area contributed by atoms with Crippen molar-refractivity contribution in [3.63, 3.8) is 0 Å². The molecule has 1 unspecified atom stereocenters. The summed E-state index contributed by atoms with van der Waals surface area (Å²) in [5.41, 5.74) is 21.8. The largest absolute Gasteiger partial charge is 0.361 e. The fourth-order valence-electron chi connectivity index (χ4n) is 14.4. The van der Waals surface area contributed by atoms with Gasteiger partial charge in [-0.25, -0.2) is 0 Å². The molecule has 3 aliphatic carbocycles. The molecule has 8 aromatic rings. The number of anilines is 3. The van der Waals surface area contributed by atoms with E-state index in [-0.39, 0.29) is 34.4 Å². The van der Waals surface area contributed by atoms with Crippen LogP contribution in [0.15, 0.2) is 181 Å². The lowest BCUT2D eigenvalue weighted by molar-refractivity contribution is 0.332. The molecule has 76 heavy (non-hydrogen) atoms. The Balaban J connectivity index is 1.02. The summed E-state index contributed by atoms with van der Waals surface area (Å²) in [6.45, 7) is 27.9. The van der Waals surface area contributed by atoms with Gasteiger partial charge in [0, 0.05) is 40.0 Å². The number of fused-ring (bicyclic) bond motifs is 8. The van der Waals surface area contributed by atoms with E-state index in [1.807, 2.05) is 0 Å². The zero-order valence-electron chi connectivity index (χ0n) is 46.9. The van der Waals surface area contributed by atoms with Gasteiger partial charge in [0.1, 0.15) is 8.80 Å². The summed E-state index contributed by atoms with van der Waals surface area (Å²) in [6.07, 6.45) is 8.43. The minimum absolute atomic E-state index is 0.0604. The molecule has 2 atom stereocenters. The molecule has 2 aliphatic heterocycles. The molecule has 3 heterocycles. The van der Waals surface area contributed by atoms with Crippen molar-refractivity contribution in [1.29, 1.82) is 0 Å². The molecule has 0 bridgehead atoms. The lowest BCUT2D eigenvalue weighted by Gasteiger charge is -2.47. The molecule has 0 N–H and O–H groups in total. The van der Waals surface area contributed by atoms with E-state index in [0.29, 0.717) is 5.92 Å². The highest BCUT2D eigenvalue weighted by Crippen LogP contribution is 2.52. The second kappa shape index (κ2) is 18.0. The Hall–Kier alpha value is -6.14. The van der Waals surface area contributed by atoms with Crippen molar-refractivity contribution in [2.45, 2.75) is 148 Å². The van der Waals surface area contributed by atoms with Crippen molar-refractivity contribution in [1.82, 2.24) is 0 Å². The normalized spacial score (nSPS) is 20.1. The lowest BCUT2D eigenvalue weighted by atomic mass is 9.34. The van der Waals surface area contributed by atoms with E-state index < -0.39 is 8.80 Å². The fraction of sp³-hybridized carbons (Fsp3) is 0.324. The van der Waals surface area contributed by atoms with Crippen LogP contribution in [-0.2, 0) is 28.2 Å². The molecule has 0 saturated heterocycles. The molecule has 1 aromatic heterocycles. The van der Waals surface area contributed by atoms with Crippen molar-refractivity contribution in [2.24, 2.45) is 0 Å². The third-order valence-corrected chi connectivity index (χ3v) is 23.5. The molecule has 13 rings (SSSR count). The molecule has 0 fully saturated rings. The maximum atomic E-state index is 2.84. The monoisotopic (exact) mass is 1030 g/mol. The SMILES string of the molecule is CC1=CC2=C3B(c4cc5c(cc4N2c2ccc(C(C)(C)C)cc2)C(C)(C)CCC5(C)C)c2sc4cc5c(cc4c2CN(c2ccc(-c4cccc([SiH](c6ccccc6)c6ccccc6)c4)cc2)C3C1)C(C)(C)CC[C@@H]5C. The molecule has 0 radical (unpaired) electrons. The summed E-state index contributed by atoms with van der Waals surface area (Å²) in [5.74, 6) is 0.561. The minimum Gasteiger partial charge on any atom is -0.361 e. The zero-order valence-corrected chi connectivity index (χ0v) is 48.9. The van der Waals surface area contributed by atoms with Gasteiger partial charge < -0.3 is 9.80 Å². The van der Waals surface area contributed by atoms with Crippen LogP contribution < -0.4 is 35.6 Å². The van der Waals surface area contributed by atoms with Crippen LogP contribution in [0, 0.1) is 0 Å². The fourth-order valence-corrected chi connectivity index (χ4v) is 18.8. The number of allylic oxidation sites excluding steroid dienone is 1. The van der Waals surface area contributed by atoms with E-state index in [0.717, 1.165) is 13.0 Å². The number of thiophene rings is 1. The summed E-state index contributed by atoms with van der Waals surface area (Å²) >= 11 is 2.12. The number of hydrogen-bond acceptors (Lipinski definition) is 3. The van der Waals surface area contributed by atoms with E-state index in [1.165, 1.54) is 113 Å². The molecule has 0 amide bonds. The highest BCUT2D eigenvalue weighted by atomic mass is 32.1. The first-order chi connectivity index (χ1) is 36.3. The van der Waals surface area contributed by atoms with Gasteiger partial charge in [0.2, 0.25) is 0 Å². The Labute approximate surface area is 460 Å². The Morgan fingerprint density at radius 1 is 0.618 bits per heavy atom. The molecule has 5 heteroatoms. The van der Waals surface area contributed by atoms with Crippen molar-refractivity contribution >= 4 is 79.8 Å². The van der Waals surface area contributed by atoms with Gasteiger partial charge >= 0.3 is 0 Å². The Morgan fingerprint density at radius 3 is 1.89 bits per heavy atom. The van der Waals surface area contributed by atoms with Crippen LogP contribution in [0.2, 0.25) is 0 Å². The number of nitrogens with zero attached hydrogens (tertiary/aromatic N) is 2. The quantitative estimate of drug-likeness (QED) is 0.121. The zero-order chi connectivity index (χ0) is 52.6. The standard InChI is InChI=1S/C71H75BN2SSi/c1-45-37-63-66-64(38-45)74(51-31-27-49(28-32-51)68(3,4)5)62-43-60-59(70(8,9)35-36-71(60,10)11)42-61(62)72(66)67-57(56-40-58-55(41-65(56)75-67)46(2)33-34-69(58,6)7)44-73(63)50-29-25-47(26-30-50)48-19-18-24-54(39-48)76(52-20-14-12-15-21-52)53-22-16-13-17-23-53/h12-32,38-43,46,63,76H,33-37,44H2,1-11H3/t46-,63?/m0/s1. The van der Waals surface area contributed by atoms with E-state index in [9.17, 15) is 0 Å². The first-order valence-electron chi connectivity index (χ1n) is 28.5. The Bertz CT molecular complexity index is 3610. The first kappa shape index (κ1) is 49.4. The summed E-state index contributed by atoms with van der Waals surface area (Å²) in [7, 11) is -1.70. The molecule has 5 aliphatic rings. The molecule has 2 nitrogen and oxygen atoms in total. The summed E-state index contributed by atoms with van der Waals surface area (Å²) < 4.78 is 3.01. The number of hydrogen-bond donors (Lipinski definition) is 0. The third-order valence-electron chi connectivity index (χ3n) is 19.1. The average molecular weight is 1030 g/mol. The van der Waals surface area contributed by atoms with E-state index in [1.54, 1.807) is 26.9 Å². The highest BCUT2D eigenvalue weighted by molar-refractivity contribution is 7.31. The summed E-state index contributed by atoms with van der Waals surface area (Å²) in [6, 6.07) is 62.2. The van der Waals surface area contributed by atoms with Crippen LogP contribution in [0.5, 0.6) is 0 Å². The maximum absolute atomic E-state index is 2.84. The first-order valence-corrected chi connectivity index (χ1v) is 31.1. The van der Waals surface area contributed by atoms with Crippen LogP contribution in [0.25, 0.3) is 21.2 Å². The van der Waals surface area contributed by atoms with Gasteiger partial charge in [0.25, 0.3) is 6.71 Å². The predicted octanol–water partition coefficient (Wildman–Crippen LogP) is 14.9. The predicted molar refractivity (Wildman–Crippen MR) is 333 cm³/mol. The Morgan fingerprint density at radius 2 is 1.24 bits per heavy atom. The molecule has 0 spiro atoms. The van der Waals surface area contributed by atoms with Gasteiger partial charge in [-0.15, -0.1) is 11.3 Å². The second-order valence-electron chi connectivity index (χ2n) is 26.6. The van der Waals surface area contributed by atoms with Gasteiger partial charge in [0.05, 0.1) is 0 Å². The van der Waals surface area contributed by atoms with Crippen LogP contribution in [0.3, 0.4) is 0 Å². The van der Waals surface area contributed by atoms with Crippen molar-refractivity contribution in [3.05, 3.63) is 214 Å². The van der Waals surface area contributed by atoms with Crippen LogP contribution in [0.4, 0.5) is 17.1 Å². The van der Waals surface area contributed by atoms with E-state index >= 15 is 0 Å². The van der Waals surface area contributed by atoms with E-state index in [4.69, 9.17) is 0 Å². The van der Waals surface area contributed by atoms with Crippen LogP contribution in [-0.4, -0.2) is 21.6 Å². The summed E-state index contributed by atoms with van der Waals surface area (Å²) in [5, 5.41) is 5.81. The van der Waals surface area contributed by atoms with Gasteiger partial charge in [-0.05, 0) is 181 Å². The van der Waals surface area contributed by atoms with Crippen molar-refractivity contribution < 1.29 is 0 Å². The number of benzene rings is 7. The lowest BCUT2D eigenvalue weighted by Crippen LogP contribution is -2.55. The maximum Gasteiger partial charge on any atom is 0.257 e. The Kier molecular flexibility index (Phi) is 11.7. The van der Waals surface area contributed by atoms with Gasteiger partial charge in [0.15, 0.2) is 0 Å². The van der Waals surface area contributed by atoms with Crippen LogP contribution in [0.1, 0.15) is 148 Å². The molecular formula is C71H75BN2SSi. The molecular weight excluding hydrogens is 952 g/mol. The number of rotatable bonds is 6. The van der Waals surface area contributed by atoms with Gasteiger partial charge in [-0.3, -0.25) is 0 Å².